The molecule has 1 aromatic heterocycles. The molecule has 1 unspecified atom stereocenters. The Morgan fingerprint density at radius 1 is 1.56 bits per heavy atom. The summed E-state index contributed by atoms with van der Waals surface area (Å²) in [6.45, 7) is 2.58. The van der Waals surface area contributed by atoms with Gasteiger partial charge < -0.3 is 9.84 Å². The van der Waals surface area contributed by atoms with E-state index in [-0.39, 0.29) is 0 Å². The van der Waals surface area contributed by atoms with E-state index in [9.17, 15) is 4.79 Å². The van der Waals surface area contributed by atoms with Crippen LogP contribution in [-0.2, 0) is 11.3 Å². The van der Waals surface area contributed by atoms with Gasteiger partial charge in [-0.25, -0.2) is 4.79 Å². The van der Waals surface area contributed by atoms with E-state index >= 15 is 0 Å². The van der Waals surface area contributed by atoms with Crippen LogP contribution in [0.4, 0.5) is 0 Å². The summed E-state index contributed by atoms with van der Waals surface area (Å²) in [5, 5.41) is 8.87. The molecule has 0 spiro atoms. The molecule has 100 valence electrons. The molecule has 1 aliphatic rings. The Morgan fingerprint density at radius 3 is 3.00 bits per heavy atom. The van der Waals surface area contributed by atoms with E-state index < -0.39 is 5.97 Å². The zero-order chi connectivity index (χ0) is 13.0. The third-order valence-corrected chi connectivity index (χ3v) is 4.15. The summed E-state index contributed by atoms with van der Waals surface area (Å²) < 4.78 is 5.70. The summed E-state index contributed by atoms with van der Waals surface area (Å²) in [7, 11) is 2.05. The Labute approximate surface area is 111 Å². The van der Waals surface area contributed by atoms with E-state index in [2.05, 4.69) is 11.9 Å². The number of hydrogen-bond acceptors (Lipinski definition) is 4. The largest absolute Gasteiger partial charge is 0.477 e. The van der Waals surface area contributed by atoms with Gasteiger partial charge in [0.25, 0.3) is 0 Å². The van der Waals surface area contributed by atoms with Crippen molar-refractivity contribution in [2.24, 2.45) is 0 Å². The van der Waals surface area contributed by atoms with Crippen LogP contribution < -0.4 is 0 Å². The summed E-state index contributed by atoms with van der Waals surface area (Å²) >= 11 is 1.35. The molecule has 0 radical (unpaired) electrons. The number of carboxylic acids is 1. The molecule has 1 aliphatic heterocycles. The van der Waals surface area contributed by atoms with Crippen LogP contribution in [0.15, 0.2) is 12.1 Å². The quantitative estimate of drug-likeness (QED) is 0.892. The van der Waals surface area contributed by atoms with Crippen molar-refractivity contribution in [2.45, 2.75) is 31.9 Å². The van der Waals surface area contributed by atoms with Crippen LogP contribution in [0.25, 0.3) is 0 Å². The van der Waals surface area contributed by atoms with Crippen molar-refractivity contribution >= 4 is 17.3 Å². The van der Waals surface area contributed by atoms with Gasteiger partial charge in [0.15, 0.2) is 0 Å². The van der Waals surface area contributed by atoms with Gasteiger partial charge >= 0.3 is 5.97 Å². The minimum atomic E-state index is -0.843. The summed E-state index contributed by atoms with van der Waals surface area (Å²) in [6, 6.07) is 3.57. The van der Waals surface area contributed by atoms with Gasteiger partial charge in [-0.15, -0.1) is 11.3 Å². The second kappa shape index (κ2) is 6.31. The molecule has 5 heteroatoms. The zero-order valence-corrected chi connectivity index (χ0v) is 11.4. The van der Waals surface area contributed by atoms with Gasteiger partial charge in [-0.2, -0.15) is 0 Å². The maximum Gasteiger partial charge on any atom is 0.345 e. The molecule has 1 N–H and O–H groups in total. The maximum atomic E-state index is 10.8. The molecule has 1 atom stereocenters. The molecule has 1 saturated heterocycles. The molecule has 2 rings (SSSR count). The van der Waals surface area contributed by atoms with Gasteiger partial charge in [0.2, 0.25) is 0 Å². The summed E-state index contributed by atoms with van der Waals surface area (Å²) in [5.74, 6) is -0.843. The van der Waals surface area contributed by atoms with E-state index in [0.29, 0.717) is 11.0 Å². The van der Waals surface area contributed by atoms with Gasteiger partial charge in [-0.05, 0) is 38.4 Å². The van der Waals surface area contributed by atoms with E-state index in [1.54, 1.807) is 6.07 Å². The first-order valence-electron chi connectivity index (χ1n) is 6.27. The third-order valence-electron chi connectivity index (χ3n) is 3.09. The number of carbonyl (C=O) groups is 1. The number of ether oxygens (including phenoxy) is 1. The molecule has 18 heavy (non-hydrogen) atoms. The highest BCUT2D eigenvalue weighted by Gasteiger charge is 2.16. The molecule has 0 bridgehead atoms. The highest BCUT2D eigenvalue weighted by atomic mass is 32.1. The first-order valence-corrected chi connectivity index (χ1v) is 7.09. The lowest BCUT2D eigenvalue weighted by atomic mass is 10.1. The number of rotatable bonds is 5. The van der Waals surface area contributed by atoms with Crippen molar-refractivity contribution in [3.8, 4) is 0 Å². The average molecular weight is 269 g/mol. The van der Waals surface area contributed by atoms with Crippen LogP contribution >= 0.6 is 11.3 Å². The van der Waals surface area contributed by atoms with E-state index in [0.717, 1.165) is 31.0 Å². The average Bonchev–Trinajstić information content (AvgIpc) is 2.78. The minimum Gasteiger partial charge on any atom is -0.477 e. The zero-order valence-electron chi connectivity index (χ0n) is 10.6. The Hall–Kier alpha value is -0.910. The fraction of sp³-hybridized carbons (Fsp3) is 0.615. The van der Waals surface area contributed by atoms with E-state index in [1.807, 2.05) is 6.07 Å². The van der Waals surface area contributed by atoms with Crippen molar-refractivity contribution in [1.82, 2.24) is 4.90 Å². The predicted molar refractivity (Wildman–Crippen MR) is 71.2 cm³/mol. The fourth-order valence-electron chi connectivity index (χ4n) is 2.21. The third kappa shape index (κ3) is 3.80. The second-order valence-corrected chi connectivity index (χ2v) is 5.92. The first kappa shape index (κ1) is 13.5. The Balaban J connectivity index is 1.82. The van der Waals surface area contributed by atoms with Gasteiger partial charge in [-0.1, -0.05) is 0 Å². The van der Waals surface area contributed by atoms with Crippen LogP contribution in [0, 0.1) is 0 Å². The predicted octanol–water partition coefficient (Wildman–Crippen LogP) is 2.45. The number of carboxylic acid groups (broad SMARTS) is 1. The summed E-state index contributed by atoms with van der Waals surface area (Å²) in [5.41, 5.74) is 0. The minimum absolute atomic E-state index is 0.336. The smallest absolute Gasteiger partial charge is 0.345 e. The van der Waals surface area contributed by atoms with Crippen molar-refractivity contribution in [2.75, 3.05) is 20.2 Å². The van der Waals surface area contributed by atoms with Crippen molar-refractivity contribution in [3.05, 3.63) is 21.9 Å². The topological polar surface area (TPSA) is 49.8 Å². The summed E-state index contributed by atoms with van der Waals surface area (Å²) in [6.07, 6.45) is 3.89. The number of aromatic carboxylic acids is 1. The highest BCUT2D eigenvalue weighted by Crippen LogP contribution is 2.19. The monoisotopic (exact) mass is 269 g/mol. The van der Waals surface area contributed by atoms with Crippen LogP contribution in [0.2, 0.25) is 0 Å². The molecular weight excluding hydrogens is 250 g/mol. The Kier molecular flexibility index (Phi) is 4.74. The van der Waals surface area contributed by atoms with Crippen LogP contribution in [0.1, 0.15) is 33.8 Å². The second-order valence-electron chi connectivity index (χ2n) is 4.76. The first-order chi connectivity index (χ1) is 8.65. The van der Waals surface area contributed by atoms with E-state index in [4.69, 9.17) is 9.84 Å². The molecule has 1 fully saturated rings. The van der Waals surface area contributed by atoms with Gasteiger partial charge in [0.1, 0.15) is 4.88 Å². The molecule has 1 aromatic rings. The number of hydrogen-bond donors (Lipinski definition) is 1. The van der Waals surface area contributed by atoms with Gasteiger partial charge in [-0.3, -0.25) is 4.90 Å². The summed E-state index contributed by atoms with van der Waals surface area (Å²) in [4.78, 5) is 14.5. The molecule has 0 saturated carbocycles. The highest BCUT2D eigenvalue weighted by molar-refractivity contribution is 7.13. The lowest BCUT2D eigenvalue weighted by molar-refractivity contribution is -0.00246. The van der Waals surface area contributed by atoms with Crippen LogP contribution in [-0.4, -0.2) is 42.3 Å². The fourth-order valence-corrected chi connectivity index (χ4v) is 3.13. The molecule has 2 heterocycles. The molecule has 0 aromatic carbocycles. The van der Waals surface area contributed by atoms with Gasteiger partial charge in [0.05, 0.1) is 6.10 Å². The van der Waals surface area contributed by atoms with Crippen molar-refractivity contribution in [3.63, 3.8) is 0 Å². The molecule has 0 amide bonds. The van der Waals surface area contributed by atoms with Crippen molar-refractivity contribution < 1.29 is 14.6 Å². The standard InChI is InChI=1S/C13H19NO3S/c1-14(8-10-4-2-3-7-17-10)9-11-5-6-12(18-11)13(15)16/h5-6,10H,2-4,7-9H2,1H3,(H,15,16). The van der Waals surface area contributed by atoms with Crippen LogP contribution in [0.3, 0.4) is 0 Å². The molecular formula is C13H19NO3S. The number of likely N-dealkylation sites (N-methyl/N-ethyl adjacent to an activating group) is 1. The normalized spacial score (nSPS) is 20.2. The van der Waals surface area contributed by atoms with Crippen molar-refractivity contribution in [1.29, 1.82) is 0 Å². The lowest BCUT2D eigenvalue weighted by Crippen LogP contribution is -2.32. The number of thiophene rings is 1. The lowest BCUT2D eigenvalue weighted by Gasteiger charge is -2.27. The van der Waals surface area contributed by atoms with Crippen LogP contribution in [0.5, 0.6) is 0 Å². The Morgan fingerprint density at radius 2 is 2.39 bits per heavy atom. The van der Waals surface area contributed by atoms with E-state index in [1.165, 1.54) is 24.2 Å². The molecule has 4 nitrogen and oxygen atoms in total. The SMILES string of the molecule is CN(Cc1ccc(C(=O)O)s1)CC1CCCCO1. The number of nitrogens with zero attached hydrogens (tertiary/aromatic N) is 1. The maximum absolute atomic E-state index is 10.8. The van der Waals surface area contributed by atoms with Gasteiger partial charge in [0, 0.05) is 24.6 Å². The molecule has 0 aliphatic carbocycles. The Bertz CT molecular complexity index is 399.